The van der Waals surface area contributed by atoms with Gasteiger partial charge in [0.15, 0.2) is 0 Å². The van der Waals surface area contributed by atoms with Gasteiger partial charge in [0.05, 0.1) is 6.04 Å². The molecule has 3 heteroatoms. The van der Waals surface area contributed by atoms with Gasteiger partial charge in [0.2, 0.25) is 5.91 Å². The van der Waals surface area contributed by atoms with E-state index in [1.165, 1.54) is 11.1 Å². The van der Waals surface area contributed by atoms with Crippen molar-refractivity contribution in [3.8, 4) is 0 Å². The fraction of sp³-hybridized carbons (Fsp3) is 0.500. The van der Waals surface area contributed by atoms with Crippen LogP contribution in [0.5, 0.6) is 0 Å². The van der Waals surface area contributed by atoms with Crippen LogP contribution in [0.1, 0.15) is 30.9 Å². The van der Waals surface area contributed by atoms with E-state index in [4.69, 9.17) is 5.73 Å². The molecule has 1 aromatic carbocycles. The summed E-state index contributed by atoms with van der Waals surface area (Å²) in [4.78, 5) is 11.7. The summed E-state index contributed by atoms with van der Waals surface area (Å²) < 4.78 is 0. The molecule has 92 valence electrons. The molecule has 3 N–H and O–H groups in total. The first-order valence-electron chi connectivity index (χ1n) is 6.20. The zero-order chi connectivity index (χ0) is 12.4. The van der Waals surface area contributed by atoms with Crippen LogP contribution in [0, 0.1) is 5.92 Å². The van der Waals surface area contributed by atoms with Gasteiger partial charge in [0, 0.05) is 12.5 Å². The number of hydrogen-bond donors (Lipinski definition) is 2. The van der Waals surface area contributed by atoms with Crippen molar-refractivity contribution in [3.05, 3.63) is 35.4 Å². The second-order valence-electron chi connectivity index (χ2n) is 5.11. The maximum Gasteiger partial charge on any atom is 0.237 e. The van der Waals surface area contributed by atoms with Crippen LogP contribution in [-0.2, 0) is 11.2 Å². The Kier molecular flexibility index (Phi) is 3.48. The van der Waals surface area contributed by atoms with Crippen molar-refractivity contribution in [2.45, 2.75) is 32.2 Å². The molecule has 17 heavy (non-hydrogen) atoms. The van der Waals surface area contributed by atoms with Crippen LogP contribution in [0.25, 0.3) is 0 Å². The number of carbonyl (C=O) groups is 1. The van der Waals surface area contributed by atoms with E-state index in [0.717, 1.165) is 6.42 Å². The lowest BCUT2D eigenvalue weighted by molar-refractivity contribution is -0.123. The molecular weight excluding hydrogens is 212 g/mol. The molecule has 2 rings (SSSR count). The molecule has 0 saturated carbocycles. The summed E-state index contributed by atoms with van der Waals surface area (Å²) in [7, 11) is 0. The molecule has 1 unspecified atom stereocenters. The molecule has 0 fully saturated rings. The van der Waals surface area contributed by atoms with Crippen molar-refractivity contribution >= 4 is 5.91 Å². The largest absolute Gasteiger partial charge is 0.354 e. The molecular formula is C14H20N2O. The minimum Gasteiger partial charge on any atom is -0.354 e. The first-order valence-corrected chi connectivity index (χ1v) is 6.20. The third kappa shape index (κ3) is 2.50. The SMILES string of the molecule is CC(C)[C@H](N)C(=O)NCC1Cc2ccccc21. The maximum atomic E-state index is 11.7. The number of amides is 1. The van der Waals surface area contributed by atoms with Crippen LogP contribution in [0.3, 0.4) is 0 Å². The molecule has 0 aliphatic heterocycles. The molecule has 0 saturated heterocycles. The van der Waals surface area contributed by atoms with Gasteiger partial charge in [-0.2, -0.15) is 0 Å². The Morgan fingerprint density at radius 1 is 1.47 bits per heavy atom. The van der Waals surface area contributed by atoms with Gasteiger partial charge in [-0.25, -0.2) is 0 Å². The van der Waals surface area contributed by atoms with E-state index in [1.807, 2.05) is 19.9 Å². The standard InChI is InChI=1S/C14H20N2O/c1-9(2)13(15)14(17)16-8-11-7-10-5-3-4-6-12(10)11/h3-6,9,11,13H,7-8,15H2,1-2H3,(H,16,17)/t11?,13-/m0/s1. The first-order chi connectivity index (χ1) is 8.09. The van der Waals surface area contributed by atoms with E-state index in [1.54, 1.807) is 0 Å². The quantitative estimate of drug-likeness (QED) is 0.825. The number of nitrogens with one attached hydrogen (secondary N) is 1. The number of carbonyl (C=O) groups excluding carboxylic acids is 1. The Balaban J connectivity index is 1.84. The highest BCUT2D eigenvalue weighted by atomic mass is 16.2. The fourth-order valence-corrected chi connectivity index (χ4v) is 2.19. The fourth-order valence-electron chi connectivity index (χ4n) is 2.19. The van der Waals surface area contributed by atoms with Crippen molar-refractivity contribution in [2.75, 3.05) is 6.54 Å². The predicted octanol–water partition coefficient (Wildman–Crippen LogP) is 1.43. The second kappa shape index (κ2) is 4.88. The topological polar surface area (TPSA) is 55.1 Å². The minimum absolute atomic E-state index is 0.0376. The third-order valence-electron chi connectivity index (χ3n) is 3.50. The smallest absolute Gasteiger partial charge is 0.237 e. The molecule has 0 bridgehead atoms. The van der Waals surface area contributed by atoms with Gasteiger partial charge in [-0.1, -0.05) is 38.1 Å². The minimum atomic E-state index is -0.398. The van der Waals surface area contributed by atoms with Crippen LogP contribution in [0.15, 0.2) is 24.3 Å². The summed E-state index contributed by atoms with van der Waals surface area (Å²) in [5.74, 6) is 0.613. The molecule has 0 spiro atoms. The van der Waals surface area contributed by atoms with E-state index in [-0.39, 0.29) is 11.8 Å². The second-order valence-corrected chi connectivity index (χ2v) is 5.11. The molecule has 1 aliphatic rings. The molecule has 0 aromatic heterocycles. The average Bonchev–Trinajstić information content (AvgIpc) is 2.29. The molecule has 1 aromatic rings. The van der Waals surface area contributed by atoms with E-state index in [2.05, 4.69) is 23.5 Å². The van der Waals surface area contributed by atoms with Crippen LogP contribution in [0.4, 0.5) is 0 Å². The molecule has 1 aliphatic carbocycles. The van der Waals surface area contributed by atoms with Gasteiger partial charge in [0.25, 0.3) is 0 Å². The molecule has 1 amide bonds. The normalized spacial score (nSPS) is 19.4. The molecule has 2 atom stereocenters. The Morgan fingerprint density at radius 3 is 2.82 bits per heavy atom. The van der Waals surface area contributed by atoms with Crippen molar-refractivity contribution in [2.24, 2.45) is 11.7 Å². The van der Waals surface area contributed by atoms with E-state index >= 15 is 0 Å². The zero-order valence-electron chi connectivity index (χ0n) is 10.4. The van der Waals surface area contributed by atoms with Crippen LogP contribution in [0.2, 0.25) is 0 Å². The Morgan fingerprint density at radius 2 is 2.18 bits per heavy atom. The number of benzene rings is 1. The Hall–Kier alpha value is -1.35. The molecule has 0 radical (unpaired) electrons. The highest BCUT2D eigenvalue weighted by Gasteiger charge is 2.26. The summed E-state index contributed by atoms with van der Waals surface area (Å²) in [6.07, 6.45) is 1.06. The van der Waals surface area contributed by atoms with Gasteiger partial charge in [0.1, 0.15) is 0 Å². The lowest BCUT2D eigenvalue weighted by atomic mass is 9.77. The molecule has 0 heterocycles. The first kappa shape index (κ1) is 12.1. The van der Waals surface area contributed by atoms with Crippen molar-refractivity contribution in [3.63, 3.8) is 0 Å². The summed E-state index contributed by atoms with van der Waals surface area (Å²) in [5.41, 5.74) is 8.56. The van der Waals surface area contributed by atoms with Gasteiger partial charge >= 0.3 is 0 Å². The number of hydrogen-bond acceptors (Lipinski definition) is 2. The monoisotopic (exact) mass is 232 g/mol. The predicted molar refractivity (Wildman–Crippen MR) is 68.7 cm³/mol. The van der Waals surface area contributed by atoms with Crippen molar-refractivity contribution < 1.29 is 4.79 Å². The van der Waals surface area contributed by atoms with Crippen molar-refractivity contribution in [1.82, 2.24) is 5.32 Å². The summed E-state index contributed by atoms with van der Waals surface area (Å²) in [6, 6.07) is 7.99. The lowest BCUT2D eigenvalue weighted by Crippen LogP contribution is -2.45. The molecule has 3 nitrogen and oxygen atoms in total. The lowest BCUT2D eigenvalue weighted by Gasteiger charge is -2.30. The summed E-state index contributed by atoms with van der Waals surface area (Å²) in [5, 5.41) is 2.94. The highest BCUT2D eigenvalue weighted by Crippen LogP contribution is 2.33. The number of rotatable bonds is 4. The number of fused-ring (bicyclic) bond motifs is 1. The number of nitrogens with two attached hydrogens (primary N) is 1. The average molecular weight is 232 g/mol. The summed E-state index contributed by atoms with van der Waals surface area (Å²) >= 11 is 0. The highest BCUT2D eigenvalue weighted by molar-refractivity contribution is 5.81. The van der Waals surface area contributed by atoms with Crippen LogP contribution < -0.4 is 11.1 Å². The van der Waals surface area contributed by atoms with Gasteiger partial charge in [-0.05, 0) is 23.5 Å². The third-order valence-corrected chi connectivity index (χ3v) is 3.50. The van der Waals surface area contributed by atoms with Gasteiger partial charge in [-0.3, -0.25) is 4.79 Å². The Bertz CT molecular complexity index is 414. The van der Waals surface area contributed by atoms with Crippen LogP contribution >= 0.6 is 0 Å². The van der Waals surface area contributed by atoms with E-state index in [9.17, 15) is 4.79 Å². The maximum absolute atomic E-state index is 11.7. The van der Waals surface area contributed by atoms with Crippen LogP contribution in [-0.4, -0.2) is 18.5 Å². The Labute approximate surface area is 102 Å². The van der Waals surface area contributed by atoms with Crippen molar-refractivity contribution in [1.29, 1.82) is 0 Å². The van der Waals surface area contributed by atoms with Gasteiger partial charge < -0.3 is 11.1 Å². The van der Waals surface area contributed by atoms with E-state index < -0.39 is 6.04 Å². The van der Waals surface area contributed by atoms with Gasteiger partial charge in [-0.15, -0.1) is 0 Å². The zero-order valence-corrected chi connectivity index (χ0v) is 10.4. The van der Waals surface area contributed by atoms with E-state index in [0.29, 0.717) is 12.5 Å². The summed E-state index contributed by atoms with van der Waals surface area (Å²) in [6.45, 7) is 4.63.